The zero-order valence-corrected chi connectivity index (χ0v) is 27.1. The lowest BCUT2D eigenvalue weighted by molar-refractivity contribution is -0.186. The van der Waals surface area contributed by atoms with Crippen molar-refractivity contribution >= 4 is 24.0 Å². The third-order valence-electron chi connectivity index (χ3n) is 8.16. The highest BCUT2D eigenvalue weighted by Crippen LogP contribution is 2.58. The Morgan fingerprint density at radius 2 is 1.78 bits per heavy atom. The predicted octanol–water partition coefficient (Wildman–Crippen LogP) is 7.77. The van der Waals surface area contributed by atoms with Crippen molar-refractivity contribution in [1.82, 2.24) is 0 Å². The molecule has 206 valence electrons. The van der Waals surface area contributed by atoms with E-state index in [9.17, 15) is 4.79 Å². The Kier molecular flexibility index (Phi) is 9.42. The second-order valence-corrected chi connectivity index (χ2v) is 18.0. The van der Waals surface area contributed by atoms with Crippen LogP contribution in [0.15, 0.2) is 36.4 Å². The Hall–Kier alpha value is -1.22. The Labute approximate surface area is 230 Å². The minimum atomic E-state index is -1.03. The van der Waals surface area contributed by atoms with Gasteiger partial charge >= 0.3 is 5.97 Å². The lowest BCUT2D eigenvalue weighted by Crippen LogP contribution is -2.39. The Morgan fingerprint density at radius 3 is 2.32 bits per heavy atom. The lowest BCUT2D eigenvalue weighted by Gasteiger charge is -2.37. The highest BCUT2D eigenvalue weighted by Gasteiger charge is 2.63. The first-order valence-electron chi connectivity index (χ1n) is 13.9. The molecule has 1 unspecified atom stereocenters. The molecule has 1 aliphatic heterocycles. The number of hydrogen-bond donors (Lipinski definition) is 0. The molecule has 6 atom stereocenters. The van der Waals surface area contributed by atoms with E-state index in [2.05, 4.69) is 111 Å². The maximum atomic E-state index is 12.6. The molecule has 0 aromatic heterocycles. The van der Waals surface area contributed by atoms with Gasteiger partial charge in [0.05, 0.1) is 6.42 Å². The van der Waals surface area contributed by atoms with Crippen molar-refractivity contribution in [2.45, 2.75) is 99.2 Å². The third kappa shape index (κ3) is 7.26. The van der Waals surface area contributed by atoms with Gasteiger partial charge in [-0.15, -0.1) is 0 Å². The number of fused-ring (bicyclic) bond motifs is 1. The van der Waals surface area contributed by atoms with E-state index < -0.39 is 23.9 Å². The summed E-state index contributed by atoms with van der Waals surface area (Å²) in [6.07, 6.45) is 6.12. The van der Waals surface area contributed by atoms with Gasteiger partial charge in [-0.1, -0.05) is 83.5 Å². The van der Waals surface area contributed by atoms with Gasteiger partial charge in [0, 0.05) is 24.9 Å². The molecule has 0 N–H and O–H groups in total. The van der Waals surface area contributed by atoms with E-state index in [0.717, 1.165) is 13.0 Å². The van der Waals surface area contributed by atoms with E-state index >= 15 is 0 Å². The molecule has 6 heteroatoms. The first-order chi connectivity index (χ1) is 17.0. The number of allylic oxidation sites excluding steroid dienone is 2. The van der Waals surface area contributed by atoms with Gasteiger partial charge in [0.2, 0.25) is 23.9 Å². The molecule has 0 bridgehead atoms. The summed E-state index contributed by atoms with van der Waals surface area (Å²) in [7, 11) is -1.84. The molecule has 0 spiro atoms. The summed E-state index contributed by atoms with van der Waals surface area (Å²) in [6.45, 7) is 25.5. The molecule has 2 aliphatic rings. The van der Waals surface area contributed by atoms with Gasteiger partial charge in [0.25, 0.3) is 0 Å². The fourth-order valence-electron chi connectivity index (χ4n) is 6.46. The van der Waals surface area contributed by atoms with E-state index in [1.807, 2.05) is 0 Å². The molecule has 3 rings (SSSR count). The van der Waals surface area contributed by atoms with Crippen LogP contribution < -0.4 is 0 Å². The Balaban J connectivity index is 2.04. The first-order valence-corrected chi connectivity index (χ1v) is 18.7. The van der Waals surface area contributed by atoms with Crippen molar-refractivity contribution in [2.75, 3.05) is 6.61 Å². The average Bonchev–Trinajstić information content (AvgIpc) is 3.19. The summed E-state index contributed by atoms with van der Waals surface area (Å²) in [5, 5.41) is 0. The van der Waals surface area contributed by atoms with Crippen LogP contribution >= 0.6 is 0 Å². The smallest absolute Gasteiger partial charge is 0.308 e. The molecule has 2 fully saturated rings. The van der Waals surface area contributed by atoms with Gasteiger partial charge in [-0.2, -0.15) is 0 Å². The maximum Gasteiger partial charge on any atom is 0.308 e. The Bertz CT molecular complexity index is 959. The highest BCUT2D eigenvalue weighted by molar-refractivity contribution is 6.48. The Morgan fingerprint density at radius 1 is 1.11 bits per heavy atom. The van der Waals surface area contributed by atoms with Crippen LogP contribution in [0.2, 0.25) is 26.2 Å². The van der Waals surface area contributed by atoms with Crippen LogP contribution in [-0.2, 0) is 18.4 Å². The number of aryl methyl sites for hydroxylation is 1. The number of esters is 1. The normalized spacial score (nSPS) is 28.2. The van der Waals surface area contributed by atoms with Crippen LogP contribution in [0.1, 0.15) is 71.4 Å². The van der Waals surface area contributed by atoms with Gasteiger partial charge in [-0.25, -0.2) is 0 Å². The maximum absolute atomic E-state index is 12.6. The molecule has 1 aliphatic carbocycles. The van der Waals surface area contributed by atoms with E-state index in [1.54, 1.807) is 0 Å². The van der Waals surface area contributed by atoms with E-state index in [-0.39, 0.29) is 40.5 Å². The van der Waals surface area contributed by atoms with Gasteiger partial charge in [-0.3, -0.25) is 4.79 Å². The standard InChI is InChI=1S/C31H50O4Si2/c1-21-13-12-14-22(17-21)24(20-33-36(8)9)25(29(2,3)4)16-15-23-26-18-28(32)34-31(26,35-37(10)11)19-27(23)30(5,6)7/h12-17,23-27H,18-20H2,1-11H3/t23-,24-,25+,26?,27+,31-/m0/s1. The van der Waals surface area contributed by atoms with Crippen LogP contribution in [0, 0.1) is 41.4 Å². The number of ether oxygens (including phenoxy) is 1. The summed E-state index contributed by atoms with van der Waals surface area (Å²) < 4.78 is 18.9. The van der Waals surface area contributed by atoms with Crippen molar-refractivity contribution in [3.05, 3.63) is 47.5 Å². The van der Waals surface area contributed by atoms with Crippen molar-refractivity contribution < 1.29 is 18.4 Å². The summed E-state index contributed by atoms with van der Waals surface area (Å²) in [4.78, 5) is 12.6. The van der Waals surface area contributed by atoms with Gasteiger partial charge in [0.1, 0.15) is 0 Å². The molecule has 4 nitrogen and oxygen atoms in total. The molecule has 0 amide bonds. The number of rotatable bonds is 9. The molecule has 1 saturated carbocycles. The van der Waals surface area contributed by atoms with Gasteiger partial charge in [0.15, 0.2) is 0 Å². The number of carbonyl (C=O) groups is 1. The van der Waals surface area contributed by atoms with Crippen molar-refractivity contribution in [3.63, 3.8) is 0 Å². The van der Waals surface area contributed by atoms with Crippen LogP contribution in [0.4, 0.5) is 0 Å². The van der Waals surface area contributed by atoms with Gasteiger partial charge in [-0.05, 0) is 67.3 Å². The molecule has 37 heavy (non-hydrogen) atoms. The molecule has 1 aromatic carbocycles. The summed E-state index contributed by atoms with van der Waals surface area (Å²) in [5.74, 6) is 0.331. The summed E-state index contributed by atoms with van der Waals surface area (Å²) in [5.41, 5.74) is 2.74. The van der Waals surface area contributed by atoms with E-state index in [1.165, 1.54) is 11.1 Å². The number of benzene rings is 1. The van der Waals surface area contributed by atoms with Crippen molar-refractivity contribution in [3.8, 4) is 0 Å². The minimum absolute atomic E-state index is 0.0388. The topological polar surface area (TPSA) is 44.8 Å². The second kappa shape index (κ2) is 11.5. The number of carbonyl (C=O) groups excluding carboxylic acids is 1. The van der Waals surface area contributed by atoms with Crippen LogP contribution in [-0.4, -0.2) is 36.4 Å². The second-order valence-electron chi connectivity index (χ2n) is 13.9. The number of hydrogen-bond acceptors (Lipinski definition) is 4. The largest absolute Gasteiger partial charge is 0.434 e. The monoisotopic (exact) mass is 542 g/mol. The quantitative estimate of drug-likeness (QED) is 0.182. The van der Waals surface area contributed by atoms with Gasteiger partial charge < -0.3 is 13.6 Å². The fourth-order valence-corrected chi connectivity index (χ4v) is 7.95. The summed E-state index contributed by atoms with van der Waals surface area (Å²) >= 11 is 0. The van der Waals surface area contributed by atoms with Crippen LogP contribution in [0.3, 0.4) is 0 Å². The molecule has 1 aromatic rings. The first kappa shape index (κ1) is 30.3. The fraction of sp³-hybridized carbons (Fsp3) is 0.710. The summed E-state index contributed by atoms with van der Waals surface area (Å²) in [6, 6.07) is 8.91. The average molecular weight is 543 g/mol. The molecular weight excluding hydrogens is 493 g/mol. The van der Waals surface area contributed by atoms with E-state index in [4.69, 9.17) is 13.6 Å². The molecule has 1 heterocycles. The highest BCUT2D eigenvalue weighted by atomic mass is 28.3. The van der Waals surface area contributed by atoms with Crippen molar-refractivity contribution in [2.24, 2.45) is 34.5 Å². The van der Waals surface area contributed by atoms with Crippen molar-refractivity contribution in [1.29, 1.82) is 0 Å². The van der Waals surface area contributed by atoms with Crippen LogP contribution in [0.25, 0.3) is 0 Å². The minimum Gasteiger partial charge on any atom is -0.434 e. The molecular formula is C31H50O4Si2. The lowest BCUT2D eigenvalue weighted by atomic mass is 9.68. The molecule has 1 saturated heterocycles. The molecule has 2 radical (unpaired) electrons. The third-order valence-corrected chi connectivity index (χ3v) is 9.65. The SMILES string of the molecule is Cc1cccc([C@H](CO[Si](C)C)[C@@H](C=C[C@H]2C3CC(=O)O[C@]3(O[Si](C)C)C[C@H]2C(C)(C)C)C(C)(C)C)c1. The zero-order valence-electron chi connectivity index (χ0n) is 25.1. The van der Waals surface area contributed by atoms with Crippen LogP contribution in [0.5, 0.6) is 0 Å². The predicted molar refractivity (Wildman–Crippen MR) is 156 cm³/mol. The van der Waals surface area contributed by atoms with E-state index in [0.29, 0.717) is 12.3 Å². The zero-order chi connectivity index (χ0) is 27.8.